The van der Waals surface area contributed by atoms with Crippen LogP contribution < -0.4 is 16.0 Å². The van der Waals surface area contributed by atoms with E-state index in [9.17, 15) is 14.4 Å². The lowest BCUT2D eigenvalue weighted by Crippen LogP contribution is -2.61. The first-order valence-corrected chi connectivity index (χ1v) is 9.56. The summed E-state index contributed by atoms with van der Waals surface area (Å²) < 4.78 is 4.83. The van der Waals surface area contributed by atoms with Crippen LogP contribution in [0.3, 0.4) is 0 Å². The summed E-state index contributed by atoms with van der Waals surface area (Å²) in [6.07, 6.45) is 7.49. The van der Waals surface area contributed by atoms with Crippen LogP contribution >= 0.6 is 0 Å². The highest BCUT2D eigenvalue weighted by molar-refractivity contribution is 5.78. The van der Waals surface area contributed by atoms with Gasteiger partial charge in [-0.15, -0.1) is 0 Å². The van der Waals surface area contributed by atoms with Crippen LogP contribution in [0.5, 0.6) is 0 Å². The number of nitrogens with one attached hydrogen (secondary N) is 3. The van der Waals surface area contributed by atoms with Gasteiger partial charge in [0.2, 0.25) is 5.91 Å². The summed E-state index contributed by atoms with van der Waals surface area (Å²) in [4.78, 5) is 34.2. The molecule has 0 heterocycles. The second kappa shape index (κ2) is 8.24. The minimum Gasteiger partial charge on any atom is -0.480 e. The number of urea groups is 1. The van der Waals surface area contributed by atoms with Crippen LogP contribution in [-0.2, 0) is 14.3 Å². The number of carboxylic acid groups (broad SMARTS) is 1. The minimum atomic E-state index is -1.04. The van der Waals surface area contributed by atoms with Gasteiger partial charge >= 0.3 is 12.0 Å². The average molecular weight is 367 g/mol. The predicted molar refractivity (Wildman–Crippen MR) is 93.5 cm³/mol. The van der Waals surface area contributed by atoms with Gasteiger partial charge in [0.1, 0.15) is 6.61 Å². The Bertz CT molecular complexity index is 516. The molecule has 8 nitrogen and oxygen atoms in total. The molecule has 0 aromatic heterocycles. The smallest absolute Gasteiger partial charge is 0.329 e. The number of rotatable bonds is 9. The van der Waals surface area contributed by atoms with Gasteiger partial charge in [-0.05, 0) is 56.3 Å². The Morgan fingerprint density at radius 3 is 2.15 bits per heavy atom. The van der Waals surface area contributed by atoms with Crippen LogP contribution in [0.25, 0.3) is 0 Å². The van der Waals surface area contributed by atoms with Gasteiger partial charge in [0, 0.05) is 25.0 Å². The second-order valence-corrected chi connectivity index (χ2v) is 8.13. The quantitative estimate of drug-likeness (QED) is 0.451. The molecular weight excluding hydrogens is 338 g/mol. The van der Waals surface area contributed by atoms with E-state index in [4.69, 9.17) is 9.84 Å². The van der Waals surface area contributed by atoms with Crippen molar-refractivity contribution in [2.75, 3.05) is 26.3 Å². The van der Waals surface area contributed by atoms with E-state index in [-0.39, 0.29) is 50.2 Å². The highest BCUT2D eigenvalue weighted by Gasteiger charge is 2.51. The van der Waals surface area contributed by atoms with E-state index in [1.54, 1.807) is 0 Å². The van der Waals surface area contributed by atoms with Crippen LogP contribution in [0.4, 0.5) is 4.79 Å². The lowest BCUT2D eigenvalue weighted by Gasteiger charge is -2.56. The van der Waals surface area contributed by atoms with Crippen molar-refractivity contribution in [2.24, 2.45) is 17.8 Å². The summed E-state index contributed by atoms with van der Waals surface area (Å²) in [6, 6.07) is -0.176. The van der Waals surface area contributed by atoms with Crippen molar-refractivity contribution >= 4 is 17.9 Å². The standard InChI is InChI=1S/C18H29N3O5/c22-15(19-3-4-26-11-16(23)24)1-2-20-17(25)21-18-8-12-5-13(9-18)7-14(6-12)10-18/h12-14H,1-11H2,(H,19,22)(H,23,24)(H2,20,21,25). The first kappa shape index (κ1) is 18.9. The zero-order valence-electron chi connectivity index (χ0n) is 15.1. The van der Waals surface area contributed by atoms with Gasteiger partial charge in [-0.2, -0.15) is 0 Å². The maximum Gasteiger partial charge on any atom is 0.329 e. The maximum absolute atomic E-state index is 12.2. The summed E-state index contributed by atoms with van der Waals surface area (Å²) in [5, 5.41) is 17.0. The van der Waals surface area contributed by atoms with Crippen LogP contribution in [0.1, 0.15) is 44.9 Å². The third-order valence-corrected chi connectivity index (χ3v) is 5.85. The molecule has 146 valence electrons. The largest absolute Gasteiger partial charge is 0.480 e. The average Bonchev–Trinajstić information content (AvgIpc) is 2.52. The zero-order chi connectivity index (χ0) is 18.6. The number of carboxylic acids is 1. The van der Waals surface area contributed by atoms with Crippen LogP contribution in [0.2, 0.25) is 0 Å². The highest BCUT2D eigenvalue weighted by atomic mass is 16.5. The lowest BCUT2D eigenvalue weighted by molar-refractivity contribution is -0.142. The zero-order valence-corrected chi connectivity index (χ0v) is 15.1. The van der Waals surface area contributed by atoms with Crippen molar-refractivity contribution in [3.05, 3.63) is 0 Å². The van der Waals surface area contributed by atoms with E-state index in [2.05, 4.69) is 16.0 Å². The van der Waals surface area contributed by atoms with Crippen LogP contribution in [0, 0.1) is 17.8 Å². The van der Waals surface area contributed by atoms with E-state index >= 15 is 0 Å². The third-order valence-electron chi connectivity index (χ3n) is 5.85. The summed E-state index contributed by atoms with van der Waals surface area (Å²) >= 11 is 0. The summed E-state index contributed by atoms with van der Waals surface area (Å²) in [7, 11) is 0. The maximum atomic E-state index is 12.2. The fourth-order valence-electron chi connectivity index (χ4n) is 5.35. The molecule has 0 spiro atoms. The molecule has 3 amide bonds. The molecule has 4 bridgehead atoms. The monoisotopic (exact) mass is 367 g/mol. The number of carbonyl (C=O) groups is 3. The van der Waals surface area contributed by atoms with E-state index in [0.29, 0.717) is 0 Å². The normalized spacial score (nSPS) is 31.5. The van der Waals surface area contributed by atoms with Crippen LogP contribution in [-0.4, -0.2) is 54.9 Å². The topological polar surface area (TPSA) is 117 Å². The summed E-state index contributed by atoms with van der Waals surface area (Å²) in [5.41, 5.74) is -0.0252. The molecule has 4 rings (SSSR count). The van der Waals surface area contributed by atoms with Gasteiger partial charge in [0.05, 0.1) is 6.61 Å². The molecule has 0 radical (unpaired) electrons. The van der Waals surface area contributed by atoms with Crippen molar-refractivity contribution in [1.82, 2.24) is 16.0 Å². The molecular formula is C18H29N3O5. The predicted octanol–water partition coefficient (Wildman–Crippen LogP) is 0.862. The van der Waals surface area contributed by atoms with Gasteiger partial charge in [-0.3, -0.25) is 4.79 Å². The van der Waals surface area contributed by atoms with Crippen molar-refractivity contribution < 1.29 is 24.2 Å². The number of carbonyl (C=O) groups excluding carboxylic acids is 2. The first-order chi connectivity index (χ1) is 12.4. The number of aliphatic carboxylic acids is 1. The first-order valence-electron chi connectivity index (χ1n) is 9.56. The molecule has 4 saturated carbocycles. The molecule has 8 heteroatoms. The third kappa shape index (κ3) is 5.09. The molecule has 4 aliphatic carbocycles. The van der Waals surface area contributed by atoms with Crippen molar-refractivity contribution in [1.29, 1.82) is 0 Å². The Labute approximate surface area is 153 Å². The number of ether oxygens (including phenoxy) is 1. The molecule has 0 unspecified atom stereocenters. The molecule has 4 aliphatic rings. The Morgan fingerprint density at radius 1 is 0.962 bits per heavy atom. The van der Waals surface area contributed by atoms with E-state index < -0.39 is 5.97 Å². The van der Waals surface area contributed by atoms with Crippen LogP contribution in [0.15, 0.2) is 0 Å². The molecule has 0 saturated heterocycles. The molecule has 0 aromatic rings. The van der Waals surface area contributed by atoms with E-state index in [0.717, 1.165) is 37.0 Å². The highest BCUT2D eigenvalue weighted by Crippen LogP contribution is 2.55. The number of hydrogen-bond acceptors (Lipinski definition) is 4. The van der Waals surface area contributed by atoms with Crippen molar-refractivity contribution in [3.8, 4) is 0 Å². The molecule has 0 atom stereocenters. The van der Waals surface area contributed by atoms with Crippen molar-refractivity contribution in [3.63, 3.8) is 0 Å². The molecule has 4 N–H and O–H groups in total. The molecule has 4 fully saturated rings. The fraction of sp³-hybridized carbons (Fsp3) is 0.833. The molecule has 0 aliphatic heterocycles. The Hall–Kier alpha value is -1.83. The van der Waals surface area contributed by atoms with Gasteiger partial charge in [0.15, 0.2) is 0 Å². The van der Waals surface area contributed by atoms with Gasteiger partial charge in [-0.1, -0.05) is 0 Å². The SMILES string of the molecule is O=C(O)COCCNC(=O)CCNC(=O)NC12CC3CC(CC(C3)C1)C2. The fourth-order valence-corrected chi connectivity index (χ4v) is 5.35. The summed E-state index contributed by atoms with van der Waals surface area (Å²) in [5.74, 6) is 1.09. The van der Waals surface area contributed by atoms with Gasteiger partial charge < -0.3 is 25.8 Å². The van der Waals surface area contributed by atoms with Gasteiger partial charge in [-0.25, -0.2) is 9.59 Å². The number of hydrogen-bond donors (Lipinski definition) is 4. The second-order valence-electron chi connectivity index (χ2n) is 8.13. The minimum absolute atomic E-state index is 0.0252. The van der Waals surface area contributed by atoms with Gasteiger partial charge in [0.25, 0.3) is 0 Å². The lowest BCUT2D eigenvalue weighted by atomic mass is 9.53. The molecule has 26 heavy (non-hydrogen) atoms. The van der Waals surface area contributed by atoms with E-state index in [1.807, 2.05) is 0 Å². The Balaban J connectivity index is 1.29. The summed E-state index contributed by atoms with van der Waals surface area (Å²) in [6.45, 7) is 0.311. The number of amides is 3. The van der Waals surface area contributed by atoms with E-state index in [1.165, 1.54) is 19.3 Å². The Morgan fingerprint density at radius 2 is 1.58 bits per heavy atom. The van der Waals surface area contributed by atoms with Crippen molar-refractivity contribution in [2.45, 2.75) is 50.5 Å². The molecule has 0 aromatic carbocycles. The Kier molecular flexibility index (Phi) is 6.01.